The quantitative estimate of drug-likeness (QED) is 0.849. The Hall–Kier alpha value is -1.61. The Bertz CT molecular complexity index is 608. The van der Waals surface area contributed by atoms with Crippen molar-refractivity contribution in [2.45, 2.75) is 12.2 Å². The first kappa shape index (κ1) is 14.3. The predicted octanol–water partition coefficient (Wildman–Crippen LogP) is 4.43. The summed E-state index contributed by atoms with van der Waals surface area (Å²) in [6.07, 6.45) is 0.775. The molecule has 21 heavy (non-hydrogen) atoms. The first-order chi connectivity index (χ1) is 10.3. The highest BCUT2D eigenvalue weighted by molar-refractivity contribution is 7.54. The van der Waals surface area contributed by atoms with Crippen LogP contribution in [0.4, 0.5) is 5.69 Å². The lowest BCUT2D eigenvalue weighted by atomic mass is 10.2. The molecular formula is C16H18NO3P. The zero-order valence-electron chi connectivity index (χ0n) is 11.6. The highest BCUT2D eigenvalue weighted by Crippen LogP contribution is 2.62. The summed E-state index contributed by atoms with van der Waals surface area (Å²) in [6, 6.07) is 19.3. The van der Waals surface area contributed by atoms with Crippen LogP contribution in [0.1, 0.15) is 17.8 Å². The van der Waals surface area contributed by atoms with Crippen molar-refractivity contribution in [3.05, 3.63) is 66.2 Å². The summed E-state index contributed by atoms with van der Waals surface area (Å²) in [5.74, 6) is -0.499. The lowest BCUT2D eigenvalue weighted by molar-refractivity contribution is 0.142. The molecule has 1 aliphatic heterocycles. The van der Waals surface area contributed by atoms with E-state index in [1.54, 1.807) is 0 Å². The molecule has 2 aromatic rings. The second-order valence-corrected chi connectivity index (χ2v) is 7.00. The highest BCUT2D eigenvalue weighted by Gasteiger charge is 2.39. The molecule has 0 spiro atoms. The van der Waals surface area contributed by atoms with Gasteiger partial charge in [-0.3, -0.25) is 4.57 Å². The fraction of sp³-hybridized carbons (Fsp3) is 0.250. The van der Waals surface area contributed by atoms with Gasteiger partial charge < -0.3 is 14.4 Å². The van der Waals surface area contributed by atoms with Gasteiger partial charge in [0.1, 0.15) is 0 Å². The molecule has 0 saturated carbocycles. The SMILES string of the molecule is O=P1([C@H](Nc2ccccc2)c2ccccc2)OCCCO1. The third-order valence-electron chi connectivity index (χ3n) is 3.34. The summed E-state index contributed by atoms with van der Waals surface area (Å²) in [5, 5.41) is 3.29. The number of anilines is 1. The number of benzene rings is 2. The molecule has 1 saturated heterocycles. The molecule has 5 heteroatoms. The van der Waals surface area contributed by atoms with E-state index in [0.717, 1.165) is 17.7 Å². The Morgan fingerprint density at radius 2 is 1.48 bits per heavy atom. The molecule has 3 rings (SSSR count). The van der Waals surface area contributed by atoms with E-state index in [2.05, 4.69) is 5.32 Å². The normalized spacial score (nSPS) is 18.9. The van der Waals surface area contributed by atoms with E-state index in [0.29, 0.717) is 13.2 Å². The molecule has 110 valence electrons. The maximum Gasteiger partial charge on any atom is 0.357 e. The second kappa shape index (κ2) is 6.44. The number of hydrogen-bond donors (Lipinski definition) is 1. The van der Waals surface area contributed by atoms with Crippen molar-refractivity contribution in [3.8, 4) is 0 Å². The number of rotatable bonds is 4. The average Bonchev–Trinajstić information content (AvgIpc) is 2.55. The smallest absolute Gasteiger partial charge is 0.357 e. The number of para-hydroxylation sites is 1. The summed E-state index contributed by atoms with van der Waals surface area (Å²) in [5.41, 5.74) is 1.78. The summed E-state index contributed by atoms with van der Waals surface area (Å²) in [6.45, 7) is 0.939. The van der Waals surface area contributed by atoms with E-state index in [9.17, 15) is 4.57 Å². The molecule has 0 aliphatic carbocycles. The van der Waals surface area contributed by atoms with E-state index in [-0.39, 0.29) is 0 Å². The second-order valence-electron chi connectivity index (χ2n) is 4.88. The third kappa shape index (κ3) is 3.35. The van der Waals surface area contributed by atoms with Gasteiger partial charge in [0.2, 0.25) is 0 Å². The van der Waals surface area contributed by atoms with Crippen LogP contribution in [0, 0.1) is 0 Å². The Labute approximate surface area is 124 Å². The highest BCUT2D eigenvalue weighted by atomic mass is 31.2. The molecule has 1 aliphatic rings. The van der Waals surface area contributed by atoms with E-state index in [1.807, 2.05) is 60.7 Å². The van der Waals surface area contributed by atoms with Crippen LogP contribution in [0.5, 0.6) is 0 Å². The molecule has 4 nitrogen and oxygen atoms in total. The topological polar surface area (TPSA) is 47.6 Å². The van der Waals surface area contributed by atoms with E-state index < -0.39 is 13.4 Å². The van der Waals surface area contributed by atoms with Crippen molar-refractivity contribution < 1.29 is 13.6 Å². The van der Waals surface area contributed by atoms with Crippen LogP contribution in [0.2, 0.25) is 0 Å². The van der Waals surface area contributed by atoms with Crippen LogP contribution in [0.3, 0.4) is 0 Å². The predicted molar refractivity (Wildman–Crippen MR) is 83.4 cm³/mol. The van der Waals surface area contributed by atoms with Gasteiger partial charge in [-0.05, 0) is 24.1 Å². The van der Waals surface area contributed by atoms with Crippen molar-refractivity contribution in [3.63, 3.8) is 0 Å². The zero-order valence-corrected chi connectivity index (χ0v) is 12.5. The maximum absolute atomic E-state index is 13.0. The van der Waals surface area contributed by atoms with E-state index >= 15 is 0 Å². The minimum atomic E-state index is -3.22. The molecule has 1 heterocycles. The van der Waals surface area contributed by atoms with Crippen LogP contribution >= 0.6 is 7.60 Å². The minimum Gasteiger partial charge on any atom is -0.368 e. The first-order valence-corrected chi connectivity index (χ1v) is 8.64. The van der Waals surface area contributed by atoms with Crippen molar-refractivity contribution in [2.75, 3.05) is 18.5 Å². The van der Waals surface area contributed by atoms with Crippen molar-refractivity contribution in [2.24, 2.45) is 0 Å². The van der Waals surface area contributed by atoms with Gasteiger partial charge in [0.25, 0.3) is 0 Å². The molecule has 0 amide bonds. The molecule has 0 aromatic heterocycles. The fourth-order valence-corrected chi connectivity index (χ4v) is 4.29. The van der Waals surface area contributed by atoms with Crippen LogP contribution in [-0.2, 0) is 13.6 Å². The monoisotopic (exact) mass is 303 g/mol. The van der Waals surface area contributed by atoms with Gasteiger partial charge in [-0.25, -0.2) is 0 Å². The Balaban J connectivity index is 1.93. The van der Waals surface area contributed by atoms with Gasteiger partial charge in [-0.15, -0.1) is 0 Å². The van der Waals surface area contributed by atoms with Gasteiger partial charge in [0.05, 0.1) is 13.2 Å². The van der Waals surface area contributed by atoms with Crippen LogP contribution in [0.15, 0.2) is 60.7 Å². The Morgan fingerprint density at radius 3 is 2.10 bits per heavy atom. The minimum absolute atomic E-state index is 0.469. The first-order valence-electron chi connectivity index (χ1n) is 7.03. The van der Waals surface area contributed by atoms with Crippen LogP contribution < -0.4 is 5.32 Å². The molecule has 1 N–H and O–H groups in total. The zero-order chi connectivity index (χ0) is 14.5. The maximum atomic E-state index is 13.0. The molecule has 0 bridgehead atoms. The largest absolute Gasteiger partial charge is 0.368 e. The summed E-state index contributed by atoms with van der Waals surface area (Å²) in [7, 11) is -3.22. The van der Waals surface area contributed by atoms with Gasteiger partial charge >= 0.3 is 7.60 Å². The van der Waals surface area contributed by atoms with Crippen molar-refractivity contribution in [1.82, 2.24) is 0 Å². The average molecular weight is 303 g/mol. The number of hydrogen-bond acceptors (Lipinski definition) is 4. The molecule has 0 radical (unpaired) electrons. The van der Waals surface area contributed by atoms with Crippen LogP contribution in [0.25, 0.3) is 0 Å². The molecule has 1 fully saturated rings. The van der Waals surface area contributed by atoms with E-state index in [1.165, 1.54) is 0 Å². The summed E-state index contributed by atoms with van der Waals surface area (Å²) in [4.78, 5) is 0. The molecule has 1 atom stereocenters. The number of nitrogens with one attached hydrogen (secondary N) is 1. The van der Waals surface area contributed by atoms with Crippen molar-refractivity contribution >= 4 is 13.3 Å². The third-order valence-corrected chi connectivity index (χ3v) is 5.48. The van der Waals surface area contributed by atoms with Gasteiger partial charge in [-0.1, -0.05) is 48.5 Å². The Kier molecular flexibility index (Phi) is 4.39. The lowest BCUT2D eigenvalue weighted by Gasteiger charge is -2.31. The van der Waals surface area contributed by atoms with Gasteiger partial charge in [0.15, 0.2) is 5.78 Å². The van der Waals surface area contributed by atoms with Crippen LogP contribution in [-0.4, -0.2) is 13.2 Å². The van der Waals surface area contributed by atoms with Crippen molar-refractivity contribution in [1.29, 1.82) is 0 Å². The van der Waals surface area contributed by atoms with E-state index in [4.69, 9.17) is 9.05 Å². The van der Waals surface area contributed by atoms with Gasteiger partial charge in [0, 0.05) is 5.69 Å². The summed E-state index contributed by atoms with van der Waals surface area (Å²) >= 11 is 0. The molecular weight excluding hydrogens is 285 g/mol. The summed E-state index contributed by atoms with van der Waals surface area (Å²) < 4.78 is 24.1. The standard InChI is InChI=1S/C16H18NO3P/c18-21(19-12-7-13-20-21)16(14-8-3-1-4-9-14)17-15-10-5-2-6-11-15/h1-6,8-11,16-17H,7,12-13H2/t16-/m0/s1. The Morgan fingerprint density at radius 1 is 0.905 bits per heavy atom. The van der Waals surface area contributed by atoms with Gasteiger partial charge in [-0.2, -0.15) is 0 Å². The molecule has 0 unspecified atom stereocenters. The lowest BCUT2D eigenvalue weighted by Crippen LogP contribution is -2.19. The fourth-order valence-electron chi connectivity index (χ4n) is 2.30. The molecule has 2 aromatic carbocycles.